The normalized spacial score (nSPS) is 19.1. The fourth-order valence-corrected chi connectivity index (χ4v) is 4.29. The van der Waals surface area contributed by atoms with E-state index in [0.717, 1.165) is 36.5 Å². The Kier molecular flexibility index (Phi) is 4.77. The summed E-state index contributed by atoms with van der Waals surface area (Å²) in [6.07, 6.45) is 0.380. The molecule has 1 aromatic heterocycles. The van der Waals surface area contributed by atoms with Crippen LogP contribution in [0.3, 0.4) is 0 Å². The van der Waals surface area contributed by atoms with Crippen molar-refractivity contribution >= 4 is 6.09 Å². The van der Waals surface area contributed by atoms with E-state index in [9.17, 15) is 4.79 Å². The zero-order chi connectivity index (χ0) is 19.6. The van der Waals surface area contributed by atoms with Crippen LogP contribution >= 0.6 is 0 Å². The van der Waals surface area contributed by atoms with E-state index < -0.39 is 0 Å². The van der Waals surface area contributed by atoms with Gasteiger partial charge in [0, 0.05) is 31.6 Å². The number of hydrogen-bond donors (Lipinski definition) is 1. The molecule has 6 heteroatoms. The Bertz CT molecular complexity index is 948. The van der Waals surface area contributed by atoms with Gasteiger partial charge >= 0.3 is 6.09 Å². The molecule has 148 valence electrons. The predicted molar refractivity (Wildman–Crippen MR) is 108 cm³/mol. The summed E-state index contributed by atoms with van der Waals surface area (Å²) in [6.45, 7) is 2.90. The molecule has 0 saturated carbocycles. The van der Waals surface area contributed by atoms with E-state index in [0.29, 0.717) is 13.1 Å². The van der Waals surface area contributed by atoms with Gasteiger partial charge in [0.15, 0.2) is 0 Å². The highest BCUT2D eigenvalue weighted by atomic mass is 16.6. The molecule has 0 radical (unpaired) electrons. The number of hydrogen-bond acceptors (Lipinski definition) is 5. The third kappa shape index (κ3) is 3.63. The van der Waals surface area contributed by atoms with Gasteiger partial charge in [-0.05, 0) is 11.1 Å². The fraction of sp³-hybridized carbons (Fsp3) is 0.304. The SMILES string of the molecule is O=C1NCC(CN2CCc3onc(C(c4ccccc4)c4ccccc4)c3C2)O1. The lowest BCUT2D eigenvalue weighted by Crippen LogP contribution is -2.38. The van der Waals surface area contributed by atoms with Gasteiger partial charge in [-0.25, -0.2) is 4.79 Å². The minimum atomic E-state index is -0.327. The van der Waals surface area contributed by atoms with Gasteiger partial charge in [0.2, 0.25) is 0 Å². The van der Waals surface area contributed by atoms with Crippen molar-refractivity contribution in [3.63, 3.8) is 0 Å². The van der Waals surface area contributed by atoms with Crippen molar-refractivity contribution in [2.45, 2.75) is 25.0 Å². The number of fused-ring (bicyclic) bond motifs is 1. The summed E-state index contributed by atoms with van der Waals surface area (Å²) >= 11 is 0. The molecule has 5 rings (SSSR count). The number of cyclic esters (lactones) is 1. The van der Waals surface area contributed by atoms with Gasteiger partial charge in [-0.15, -0.1) is 0 Å². The molecule has 0 aliphatic carbocycles. The maximum atomic E-state index is 11.3. The Balaban J connectivity index is 1.46. The van der Waals surface area contributed by atoms with Gasteiger partial charge in [-0.3, -0.25) is 4.90 Å². The smallest absolute Gasteiger partial charge is 0.407 e. The van der Waals surface area contributed by atoms with E-state index in [2.05, 4.69) is 63.9 Å². The van der Waals surface area contributed by atoms with Gasteiger partial charge in [0.1, 0.15) is 17.6 Å². The quantitative estimate of drug-likeness (QED) is 0.725. The van der Waals surface area contributed by atoms with E-state index in [4.69, 9.17) is 9.26 Å². The molecule has 0 bridgehead atoms. The molecule has 1 amide bonds. The third-order valence-corrected chi connectivity index (χ3v) is 5.69. The average molecular weight is 389 g/mol. The molecule has 1 fully saturated rings. The zero-order valence-corrected chi connectivity index (χ0v) is 16.1. The molecular weight excluding hydrogens is 366 g/mol. The summed E-state index contributed by atoms with van der Waals surface area (Å²) in [5, 5.41) is 7.26. The van der Waals surface area contributed by atoms with Crippen LogP contribution in [0.4, 0.5) is 4.79 Å². The lowest BCUT2D eigenvalue weighted by atomic mass is 9.85. The van der Waals surface area contributed by atoms with Gasteiger partial charge in [0.05, 0.1) is 12.5 Å². The van der Waals surface area contributed by atoms with Crippen molar-refractivity contribution in [2.75, 3.05) is 19.6 Å². The zero-order valence-electron chi connectivity index (χ0n) is 16.1. The topological polar surface area (TPSA) is 67.6 Å². The van der Waals surface area contributed by atoms with Gasteiger partial charge in [-0.2, -0.15) is 0 Å². The largest absolute Gasteiger partial charge is 0.443 e. The lowest BCUT2D eigenvalue weighted by molar-refractivity contribution is 0.102. The second-order valence-electron chi connectivity index (χ2n) is 7.62. The molecule has 2 aliphatic rings. The third-order valence-electron chi connectivity index (χ3n) is 5.69. The highest BCUT2D eigenvalue weighted by molar-refractivity contribution is 5.69. The Morgan fingerprint density at radius 3 is 2.38 bits per heavy atom. The number of alkyl carbamates (subject to hydrolysis) is 1. The van der Waals surface area contributed by atoms with Crippen molar-refractivity contribution in [2.24, 2.45) is 0 Å². The van der Waals surface area contributed by atoms with Crippen LogP contribution in [0.1, 0.15) is 34.1 Å². The van der Waals surface area contributed by atoms with Crippen LogP contribution in [-0.4, -0.2) is 41.9 Å². The maximum Gasteiger partial charge on any atom is 0.407 e. The van der Waals surface area contributed by atoms with Crippen molar-refractivity contribution in [3.8, 4) is 0 Å². The molecule has 3 heterocycles. The first-order valence-electron chi connectivity index (χ1n) is 10.0. The second kappa shape index (κ2) is 7.72. The Morgan fingerprint density at radius 2 is 1.76 bits per heavy atom. The summed E-state index contributed by atoms with van der Waals surface area (Å²) in [4.78, 5) is 13.7. The molecule has 6 nitrogen and oxygen atoms in total. The fourth-order valence-electron chi connectivity index (χ4n) is 4.29. The van der Waals surface area contributed by atoms with Crippen LogP contribution < -0.4 is 5.32 Å². The lowest BCUT2D eigenvalue weighted by Gasteiger charge is -2.28. The van der Waals surface area contributed by atoms with E-state index >= 15 is 0 Å². The van der Waals surface area contributed by atoms with Crippen LogP contribution in [0.15, 0.2) is 65.2 Å². The average Bonchev–Trinajstić information content (AvgIpc) is 3.36. The number of rotatable bonds is 5. The molecular formula is C23H23N3O3. The number of nitrogens with one attached hydrogen (secondary N) is 1. The Labute approximate surface area is 169 Å². The number of benzene rings is 2. The number of ether oxygens (including phenoxy) is 1. The number of nitrogens with zero attached hydrogens (tertiary/aromatic N) is 2. The van der Waals surface area contributed by atoms with Crippen molar-refractivity contribution < 1.29 is 14.1 Å². The molecule has 0 spiro atoms. The monoisotopic (exact) mass is 389 g/mol. The molecule has 1 atom stereocenters. The van der Waals surface area contributed by atoms with Crippen molar-refractivity contribution in [1.29, 1.82) is 0 Å². The number of carbonyl (C=O) groups excluding carboxylic acids is 1. The standard InChI is InChI=1S/C23H23N3O3/c27-23-24-13-18(28-23)14-26-12-11-20-19(15-26)22(25-29-20)21(16-7-3-1-4-8-16)17-9-5-2-6-10-17/h1-10,18,21H,11-15H2,(H,24,27). The first-order chi connectivity index (χ1) is 14.3. The van der Waals surface area contributed by atoms with E-state index in [1.165, 1.54) is 11.1 Å². The van der Waals surface area contributed by atoms with Crippen LogP contribution in [0.5, 0.6) is 0 Å². The van der Waals surface area contributed by atoms with Crippen LogP contribution in [-0.2, 0) is 17.7 Å². The highest BCUT2D eigenvalue weighted by Crippen LogP contribution is 2.36. The molecule has 3 aromatic rings. The molecule has 2 aliphatic heterocycles. The Morgan fingerprint density at radius 1 is 1.07 bits per heavy atom. The van der Waals surface area contributed by atoms with Crippen molar-refractivity contribution in [1.82, 2.24) is 15.4 Å². The van der Waals surface area contributed by atoms with Gasteiger partial charge in [-0.1, -0.05) is 65.8 Å². The molecule has 1 saturated heterocycles. The summed E-state index contributed by atoms with van der Waals surface area (Å²) < 4.78 is 11.1. The predicted octanol–water partition coefficient (Wildman–Crippen LogP) is 3.32. The molecule has 29 heavy (non-hydrogen) atoms. The Hall–Kier alpha value is -3.12. The van der Waals surface area contributed by atoms with Crippen molar-refractivity contribution in [3.05, 3.63) is 88.8 Å². The van der Waals surface area contributed by atoms with Crippen LogP contribution in [0, 0.1) is 0 Å². The van der Waals surface area contributed by atoms with E-state index in [1.807, 2.05) is 12.1 Å². The summed E-state index contributed by atoms with van der Waals surface area (Å²) in [5.74, 6) is 0.991. The molecule has 1 N–H and O–H groups in total. The van der Waals surface area contributed by atoms with E-state index in [-0.39, 0.29) is 18.1 Å². The first kappa shape index (κ1) is 17.9. The molecule has 1 unspecified atom stereocenters. The van der Waals surface area contributed by atoms with Gasteiger partial charge in [0.25, 0.3) is 0 Å². The van der Waals surface area contributed by atoms with Gasteiger partial charge < -0.3 is 14.6 Å². The van der Waals surface area contributed by atoms with E-state index in [1.54, 1.807) is 0 Å². The summed E-state index contributed by atoms with van der Waals surface area (Å²) in [6, 6.07) is 20.9. The highest BCUT2D eigenvalue weighted by Gasteiger charge is 2.32. The minimum Gasteiger partial charge on any atom is -0.443 e. The summed E-state index contributed by atoms with van der Waals surface area (Å²) in [5.41, 5.74) is 4.52. The second-order valence-corrected chi connectivity index (χ2v) is 7.62. The first-order valence-corrected chi connectivity index (χ1v) is 10.0. The van der Waals surface area contributed by atoms with Crippen LogP contribution in [0.2, 0.25) is 0 Å². The number of carbonyl (C=O) groups is 1. The summed E-state index contributed by atoms with van der Waals surface area (Å²) in [7, 11) is 0. The minimum absolute atomic E-state index is 0.0239. The number of aromatic nitrogens is 1. The number of amides is 1. The van der Waals surface area contributed by atoms with Crippen LogP contribution in [0.25, 0.3) is 0 Å². The molecule has 2 aromatic carbocycles. The maximum absolute atomic E-state index is 11.3.